The minimum absolute atomic E-state index is 0.0246. The Bertz CT molecular complexity index is 1160. The third-order valence-corrected chi connectivity index (χ3v) is 5.29. The van der Waals surface area contributed by atoms with E-state index in [4.69, 9.17) is 0 Å². The topological polar surface area (TPSA) is 63.8 Å². The molecule has 10 heteroatoms. The molecule has 2 aromatic heterocycles. The summed E-state index contributed by atoms with van der Waals surface area (Å²) in [7, 11) is 0. The Morgan fingerprint density at radius 1 is 1.00 bits per heavy atom. The first kappa shape index (κ1) is 19.2. The zero-order valence-electron chi connectivity index (χ0n) is 14.6. The van der Waals surface area contributed by atoms with Crippen molar-refractivity contribution >= 4 is 11.3 Å². The van der Waals surface area contributed by atoms with Crippen LogP contribution in [0.1, 0.15) is 10.6 Å². The van der Waals surface area contributed by atoms with Crippen molar-refractivity contribution in [1.29, 1.82) is 0 Å². The van der Waals surface area contributed by atoms with Crippen molar-refractivity contribution in [2.24, 2.45) is 0 Å². The van der Waals surface area contributed by atoms with Gasteiger partial charge in [-0.2, -0.15) is 5.10 Å². The van der Waals surface area contributed by atoms with Crippen molar-refractivity contribution in [3.05, 3.63) is 88.3 Å². The van der Waals surface area contributed by atoms with Crippen LogP contribution < -0.4 is 0 Å². The Morgan fingerprint density at radius 2 is 1.72 bits per heavy atom. The van der Waals surface area contributed by atoms with Gasteiger partial charge in [0.15, 0.2) is 5.60 Å². The summed E-state index contributed by atoms with van der Waals surface area (Å²) in [5.74, 6) is -3.34. The SMILES string of the molecule is O[C@@](Cn1cncn1)(c1nc(-c2ccc(F)cc2F)cs1)c1ccc(F)cc1F. The highest BCUT2D eigenvalue weighted by molar-refractivity contribution is 7.10. The smallest absolute Gasteiger partial charge is 0.163 e. The highest BCUT2D eigenvalue weighted by Gasteiger charge is 2.38. The van der Waals surface area contributed by atoms with Crippen LogP contribution in [-0.2, 0) is 12.1 Å². The standard InChI is InChI=1S/C19H12F4N4OS/c20-11-1-3-13(15(22)5-11)17-7-29-18(26-17)19(28,8-27-10-24-9-25-27)14-4-2-12(21)6-16(14)23/h1-7,9-10,28H,8H2/t19-/m1/s1. The third kappa shape index (κ3) is 3.64. The van der Waals surface area contributed by atoms with E-state index < -0.39 is 28.9 Å². The van der Waals surface area contributed by atoms with Gasteiger partial charge in [0.2, 0.25) is 0 Å². The van der Waals surface area contributed by atoms with Gasteiger partial charge >= 0.3 is 0 Å². The van der Waals surface area contributed by atoms with Crippen LogP contribution in [-0.4, -0.2) is 24.9 Å². The van der Waals surface area contributed by atoms with E-state index in [0.29, 0.717) is 6.07 Å². The molecular formula is C19H12F4N4OS. The summed E-state index contributed by atoms with van der Waals surface area (Å²) in [6.45, 7) is -0.269. The van der Waals surface area contributed by atoms with Crippen molar-refractivity contribution in [2.45, 2.75) is 12.1 Å². The molecule has 1 N–H and O–H groups in total. The molecule has 0 aliphatic carbocycles. The first-order valence-corrected chi connectivity index (χ1v) is 9.16. The summed E-state index contributed by atoms with van der Waals surface area (Å²) >= 11 is 0.950. The predicted octanol–water partition coefficient (Wildman–Crippen LogP) is 3.89. The molecule has 0 unspecified atom stereocenters. The second kappa shape index (κ2) is 7.37. The van der Waals surface area contributed by atoms with Gasteiger partial charge in [-0.3, -0.25) is 0 Å². The van der Waals surface area contributed by atoms with E-state index in [0.717, 1.165) is 35.6 Å². The van der Waals surface area contributed by atoms with Crippen molar-refractivity contribution in [2.75, 3.05) is 0 Å². The molecule has 29 heavy (non-hydrogen) atoms. The normalized spacial score (nSPS) is 13.4. The minimum atomic E-state index is -2.04. The molecule has 0 radical (unpaired) electrons. The van der Waals surface area contributed by atoms with Crippen LogP contribution in [0, 0.1) is 23.3 Å². The lowest BCUT2D eigenvalue weighted by molar-refractivity contribution is 0.0533. The lowest BCUT2D eigenvalue weighted by Gasteiger charge is -2.26. The van der Waals surface area contributed by atoms with E-state index >= 15 is 0 Å². The van der Waals surface area contributed by atoms with Gasteiger partial charge in [0.25, 0.3) is 0 Å². The summed E-state index contributed by atoms with van der Waals surface area (Å²) in [6.07, 6.45) is 2.56. The molecule has 5 nitrogen and oxygen atoms in total. The van der Waals surface area contributed by atoms with E-state index in [9.17, 15) is 22.7 Å². The van der Waals surface area contributed by atoms with E-state index in [2.05, 4.69) is 15.1 Å². The minimum Gasteiger partial charge on any atom is -0.376 e. The molecule has 148 valence electrons. The summed E-state index contributed by atoms with van der Waals surface area (Å²) in [4.78, 5) is 8.04. The highest BCUT2D eigenvalue weighted by atomic mass is 32.1. The Morgan fingerprint density at radius 3 is 2.38 bits per heavy atom. The zero-order valence-corrected chi connectivity index (χ0v) is 15.4. The molecule has 0 fully saturated rings. The van der Waals surface area contributed by atoms with Gasteiger partial charge in [-0.05, 0) is 24.3 Å². The van der Waals surface area contributed by atoms with Crippen molar-refractivity contribution in [3.8, 4) is 11.3 Å². The largest absolute Gasteiger partial charge is 0.376 e. The van der Waals surface area contributed by atoms with Gasteiger partial charge in [-0.15, -0.1) is 11.3 Å². The molecule has 0 aliphatic heterocycles. The summed E-state index contributed by atoms with van der Waals surface area (Å²) in [6, 6.07) is 5.79. The van der Waals surface area contributed by atoms with Gasteiger partial charge in [-0.1, -0.05) is 0 Å². The number of aromatic nitrogens is 4. The maximum atomic E-state index is 14.5. The fourth-order valence-electron chi connectivity index (χ4n) is 2.93. The van der Waals surface area contributed by atoms with Gasteiger partial charge in [0, 0.05) is 28.6 Å². The van der Waals surface area contributed by atoms with Crippen LogP contribution in [0.3, 0.4) is 0 Å². The highest BCUT2D eigenvalue weighted by Crippen LogP contribution is 2.37. The molecular weight excluding hydrogens is 408 g/mol. The van der Waals surface area contributed by atoms with Gasteiger partial charge in [-0.25, -0.2) is 32.2 Å². The summed E-state index contributed by atoms with van der Waals surface area (Å²) < 4.78 is 56.5. The molecule has 4 rings (SSSR count). The molecule has 0 spiro atoms. The molecule has 0 aliphatic rings. The lowest BCUT2D eigenvalue weighted by Crippen LogP contribution is -2.34. The number of rotatable bonds is 5. The zero-order chi connectivity index (χ0) is 20.6. The first-order chi connectivity index (χ1) is 13.9. The van der Waals surface area contributed by atoms with E-state index in [1.54, 1.807) is 0 Å². The Labute approximate surface area is 165 Å². The molecule has 0 saturated carbocycles. The van der Waals surface area contributed by atoms with Gasteiger partial charge < -0.3 is 5.11 Å². The fourth-order valence-corrected chi connectivity index (χ4v) is 3.85. The molecule has 2 aromatic carbocycles. The van der Waals surface area contributed by atoms with Crippen LogP contribution in [0.5, 0.6) is 0 Å². The Hall–Kier alpha value is -3.11. The van der Waals surface area contributed by atoms with Crippen molar-refractivity contribution < 1.29 is 22.7 Å². The van der Waals surface area contributed by atoms with Crippen LogP contribution in [0.25, 0.3) is 11.3 Å². The number of thiazole rings is 1. The predicted molar refractivity (Wildman–Crippen MR) is 96.8 cm³/mol. The average molecular weight is 420 g/mol. The van der Waals surface area contributed by atoms with Crippen LogP contribution in [0.2, 0.25) is 0 Å². The molecule has 4 aromatic rings. The van der Waals surface area contributed by atoms with Crippen molar-refractivity contribution in [1.82, 2.24) is 19.7 Å². The molecule has 2 heterocycles. The van der Waals surface area contributed by atoms with Crippen LogP contribution >= 0.6 is 11.3 Å². The lowest BCUT2D eigenvalue weighted by atomic mass is 9.93. The number of halogens is 4. The summed E-state index contributed by atoms with van der Waals surface area (Å²) in [5, 5.41) is 16.8. The Balaban J connectivity index is 1.82. The molecule has 0 saturated heterocycles. The quantitative estimate of drug-likeness (QED) is 0.498. The Kier molecular flexibility index (Phi) is 4.89. The number of hydrogen-bond acceptors (Lipinski definition) is 5. The molecule has 0 bridgehead atoms. The summed E-state index contributed by atoms with van der Waals surface area (Å²) in [5.41, 5.74) is -2.10. The number of nitrogens with zero attached hydrogens (tertiary/aromatic N) is 4. The number of benzene rings is 2. The van der Waals surface area contributed by atoms with Gasteiger partial charge in [0.1, 0.15) is 40.9 Å². The fraction of sp³-hybridized carbons (Fsp3) is 0.105. The van der Waals surface area contributed by atoms with E-state index in [1.165, 1.54) is 28.8 Å². The van der Waals surface area contributed by atoms with Crippen LogP contribution in [0.4, 0.5) is 17.6 Å². The maximum Gasteiger partial charge on any atom is 0.163 e. The monoisotopic (exact) mass is 420 g/mol. The maximum absolute atomic E-state index is 14.5. The molecule has 1 atom stereocenters. The van der Waals surface area contributed by atoms with Gasteiger partial charge in [0.05, 0.1) is 12.2 Å². The number of aliphatic hydroxyl groups is 1. The molecule has 0 amide bonds. The van der Waals surface area contributed by atoms with Crippen LogP contribution in [0.15, 0.2) is 54.4 Å². The first-order valence-electron chi connectivity index (χ1n) is 8.28. The second-order valence-corrected chi connectivity index (χ2v) is 7.10. The second-order valence-electron chi connectivity index (χ2n) is 6.24. The van der Waals surface area contributed by atoms with Crippen molar-refractivity contribution in [3.63, 3.8) is 0 Å². The third-order valence-electron chi connectivity index (χ3n) is 4.30. The number of hydrogen-bond donors (Lipinski definition) is 1. The average Bonchev–Trinajstić information content (AvgIpc) is 3.33. The van der Waals surface area contributed by atoms with E-state index in [1.807, 2.05) is 0 Å². The van der Waals surface area contributed by atoms with E-state index in [-0.39, 0.29) is 28.4 Å².